The van der Waals surface area contributed by atoms with Crippen molar-refractivity contribution in [2.24, 2.45) is 0 Å². The van der Waals surface area contributed by atoms with Crippen molar-refractivity contribution in [3.63, 3.8) is 0 Å². The molecule has 0 atom stereocenters. The molecule has 0 saturated heterocycles. The molecule has 15 heavy (non-hydrogen) atoms. The summed E-state index contributed by atoms with van der Waals surface area (Å²) in [6.45, 7) is 2.06. The molecule has 1 aromatic heterocycles. The second-order valence-corrected chi connectivity index (χ2v) is 3.79. The van der Waals surface area contributed by atoms with Gasteiger partial charge in [-0.3, -0.25) is 4.79 Å². The van der Waals surface area contributed by atoms with E-state index in [-0.39, 0.29) is 5.91 Å². The molecule has 82 valence electrons. The van der Waals surface area contributed by atoms with Gasteiger partial charge in [0.25, 0.3) is 0 Å². The van der Waals surface area contributed by atoms with Crippen LogP contribution < -0.4 is 0 Å². The van der Waals surface area contributed by atoms with Crippen molar-refractivity contribution in [1.82, 2.24) is 9.88 Å². The minimum absolute atomic E-state index is 0.184. The van der Waals surface area contributed by atoms with Gasteiger partial charge in [0.1, 0.15) is 0 Å². The molecular weight excluding hydrogens is 192 g/mol. The molecular formula is C11H16N2O2. The Morgan fingerprint density at radius 1 is 1.67 bits per heavy atom. The quantitative estimate of drug-likeness (QED) is 0.803. The Morgan fingerprint density at radius 2 is 2.53 bits per heavy atom. The summed E-state index contributed by atoms with van der Waals surface area (Å²) in [6, 6.07) is 2.05. The highest BCUT2D eigenvalue weighted by molar-refractivity contribution is 5.76. The second-order valence-electron chi connectivity index (χ2n) is 3.79. The molecule has 0 fully saturated rings. The zero-order valence-electron chi connectivity index (χ0n) is 8.95. The Labute approximate surface area is 89.2 Å². The predicted molar refractivity (Wildman–Crippen MR) is 56.4 cm³/mol. The number of aromatic nitrogens is 1. The van der Waals surface area contributed by atoms with Gasteiger partial charge in [-0.2, -0.15) is 0 Å². The lowest BCUT2D eigenvalue weighted by Crippen LogP contribution is -2.36. The molecule has 1 aliphatic heterocycles. The SMILES string of the molecule is COCCC(=O)N1CCc2[nH]ccc2C1. The molecule has 1 aliphatic rings. The number of nitrogens with zero attached hydrogens (tertiary/aromatic N) is 1. The summed E-state index contributed by atoms with van der Waals surface area (Å²) in [4.78, 5) is 16.8. The Kier molecular flexibility index (Phi) is 3.06. The molecule has 0 unspecified atom stereocenters. The maximum atomic E-state index is 11.7. The van der Waals surface area contributed by atoms with Gasteiger partial charge in [0.2, 0.25) is 5.91 Å². The summed E-state index contributed by atoms with van der Waals surface area (Å²) < 4.78 is 4.90. The van der Waals surface area contributed by atoms with Crippen LogP contribution in [0.1, 0.15) is 17.7 Å². The van der Waals surface area contributed by atoms with Gasteiger partial charge in [-0.15, -0.1) is 0 Å². The summed E-state index contributed by atoms with van der Waals surface area (Å²) >= 11 is 0. The molecule has 4 heteroatoms. The number of amides is 1. The molecule has 1 N–H and O–H groups in total. The van der Waals surface area contributed by atoms with E-state index in [1.807, 2.05) is 17.2 Å². The zero-order chi connectivity index (χ0) is 10.7. The van der Waals surface area contributed by atoms with E-state index in [2.05, 4.69) is 4.98 Å². The van der Waals surface area contributed by atoms with E-state index < -0.39 is 0 Å². The smallest absolute Gasteiger partial charge is 0.225 e. The van der Waals surface area contributed by atoms with Crippen molar-refractivity contribution < 1.29 is 9.53 Å². The van der Waals surface area contributed by atoms with Crippen LogP contribution in [0, 0.1) is 0 Å². The standard InChI is InChI=1S/C11H16N2O2/c1-15-7-4-11(14)13-6-3-10-9(8-13)2-5-12-10/h2,5,12H,3-4,6-8H2,1H3. The molecule has 0 radical (unpaired) electrons. The minimum atomic E-state index is 0.184. The molecule has 0 spiro atoms. The Balaban J connectivity index is 1.94. The Hall–Kier alpha value is -1.29. The van der Waals surface area contributed by atoms with Crippen LogP contribution in [0.3, 0.4) is 0 Å². The fourth-order valence-corrected chi connectivity index (χ4v) is 1.91. The number of carbonyl (C=O) groups is 1. The third-order valence-corrected chi connectivity index (χ3v) is 2.80. The molecule has 0 saturated carbocycles. The average Bonchev–Trinajstić information content (AvgIpc) is 2.72. The largest absolute Gasteiger partial charge is 0.384 e. The lowest BCUT2D eigenvalue weighted by molar-refractivity contribution is -0.133. The maximum absolute atomic E-state index is 11.7. The van der Waals surface area contributed by atoms with Crippen molar-refractivity contribution in [2.75, 3.05) is 20.3 Å². The van der Waals surface area contributed by atoms with Crippen LogP contribution >= 0.6 is 0 Å². The monoisotopic (exact) mass is 208 g/mol. The molecule has 0 aliphatic carbocycles. The number of ether oxygens (including phenoxy) is 1. The van der Waals surface area contributed by atoms with Crippen molar-refractivity contribution in [1.29, 1.82) is 0 Å². The first kappa shape index (κ1) is 10.2. The number of fused-ring (bicyclic) bond motifs is 1. The van der Waals surface area contributed by atoms with E-state index in [1.165, 1.54) is 11.3 Å². The molecule has 2 rings (SSSR count). The van der Waals surface area contributed by atoms with Crippen LogP contribution in [-0.2, 0) is 22.5 Å². The lowest BCUT2D eigenvalue weighted by atomic mass is 10.1. The van der Waals surface area contributed by atoms with Crippen LogP contribution in [0.4, 0.5) is 0 Å². The third-order valence-electron chi connectivity index (χ3n) is 2.80. The number of hydrogen-bond donors (Lipinski definition) is 1. The van der Waals surface area contributed by atoms with E-state index in [0.717, 1.165) is 19.5 Å². The summed E-state index contributed by atoms with van der Waals surface area (Å²) in [5, 5.41) is 0. The average molecular weight is 208 g/mol. The van der Waals surface area contributed by atoms with Crippen molar-refractivity contribution in [3.8, 4) is 0 Å². The molecule has 4 nitrogen and oxygen atoms in total. The number of aromatic amines is 1. The van der Waals surface area contributed by atoms with Crippen molar-refractivity contribution >= 4 is 5.91 Å². The van der Waals surface area contributed by atoms with Gasteiger partial charge in [-0.05, 0) is 11.6 Å². The first-order chi connectivity index (χ1) is 7.31. The fraction of sp³-hybridized carbons (Fsp3) is 0.545. The highest BCUT2D eigenvalue weighted by Gasteiger charge is 2.20. The number of methoxy groups -OCH3 is 1. The number of carbonyl (C=O) groups excluding carboxylic acids is 1. The normalized spacial score (nSPS) is 15.1. The van der Waals surface area contributed by atoms with Gasteiger partial charge in [-0.1, -0.05) is 0 Å². The van der Waals surface area contributed by atoms with E-state index >= 15 is 0 Å². The predicted octanol–water partition coefficient (Wildman–Crippen LogP) is 0.936. The first-order valence-electron chi connectivity index (χ1n) is 5.23. The highest BCUT2D eigenvalue weighted by atomic mass is 16.5. The zero-order valence-corrected chi connectivity index (χ0v) is 8.95. The number of nitrogens with one attached hydrogen (secondary N) is 1. The van der Waals surface area contributed by atoms with Crippen LogP contribution in [0.2, 0.25) is 0 Å². The number of hydrogen-bond acceptors (Lipinski definition) is 2. The number of H-pyrrole nitrogens is 1. The Morgan fingerprint density at radius 3 is 3.33 bits per heavy atom. The van der Waals surface area contributed by atoms with Crippen LogP contribution in [0.5, 0.6) is 0 Å². The summed E-state index contributed by atoms with van der Waals surface area (Å²) in [5.74, 6) is 0.184. The van der Waals surface area contributed by atoms with E-state index in [1.54, 1.807) is 7.11 Å². The summed E-state index contributed by atoms with van der Waals surface area (Å²) in [5.41, 5.74) is 2.51. The topological polar surface area (TPSA) is 45.3 Å². The molecule has 0 bridgehead atoms. The maximum Gasteiger partial charge on any atom is 0.225 e. The van der Waals surface area contributed by atoms with E-state index in [4.69, 9.17) is 4.74 Å². The van der Waals surface area contributed by atoms with Gasteiger partial charge < -0.3 is 14.6 Å². The summed E-state index contributed by atoms with van der Waals surface area (Å²) in [7, 11) is 1.62. The molecule has 1 amide bonds. The lowest BCUT2D eigenvalue weighted by Gasteiger charge is -2.27. The van der Waals surface area contributed by atoms with Crippen LogP contribution in [0.25, 0.3) is 0 Å². The van der Waals surface area contributed by atoms with Gasteiger partial charge in [-0.25, -0.2) is 0 Å². The number of rotatable bonds is 3. The van der Waals surface area contributed by atoms with Crippen molar-refractivity contribution in [2.45, 2.75) is 19.4 Å². The highest BCUT2D eigenvalue weighted by Crippen LogP contribution is 2.17. The summed E-state index contributed by atoms with van der Waals surface area (Å²) in [6.07, 6.45) is 3.35. The molecule has 1 aromatic rings. The van der Waals surface area contributed by atoms with Crippen LogP contribution in [0.15, 0.2) is 12.3 Å². The fourth-order valence-electron chi connectivity index (χ4n) is 1.91. The Bertz CT molecular complexity index is 346. The van der Waals surface area contributed by atoms with Crippen LogP contribution in [-0.4, -0.2) is 36.1 Å². The minimum Gasteiger partial charge on any atom is -0.384 e. The van der Waals surface area contributed by atoms with Crippen molar-refractivity contribution in [3.05, 3.63) is 23.5 Å². The van der Waals surface area contributed by atoms with Gasteiger partial charge in [0.05, 0.1) is 13.0 Å². The van der Waals surface area contributed by atoms with E-state index in [9.17, 15) is 4.79 Å². The first-order valence-corrected chi connectivity index (χ1v) is 5.23. The van der Waals surface area contributed by atoms with E-state index in [0.29, 0.717) is 13.0 Å². The van der Waals surface area contributed by atoms with Gasteiger partial charge in [0.15, 0.2) is 0 Å². The molecule has 2 heterocycles. The van der Waals surface area contributed by atoms with Gasteiger partial charge in [0, 0.05) is 38.5 Å². The molecule has 0 aromatic carbocycles. The second kappa shape index (κ2) is 4.49. The third kappa shape index (κ3) is 2.21. The van der Waals surface area contributed by atoms with Gasteiger partial charge >= 0.3 is 0 Å².